The van der Waals surface area contributed by atoms with Gasteiger partial charge < -0.3 is 4.42 Å². The largest absolute Gasteiger partial charge is 0.438 e. The lowest BCUT2D eigenvalue weighted by Gasteiger charge is -2.09. The van der Waals surface area contributed by atoms with Gasteiger partial charge in [0.25, 0.3) is 0 Å². The van der Waals surface area contributed by atoms with Crippen LogP contribution in [0.15, 0.2) is 65.3 Å². The molecule has 1 unspecified atom stereocenters. The summed E-state index contributed by atoms with van der Waals surface area (Å²) < 4.78 is 40.0. The maximum atomic E-state index is 8.51. The highest BCUT2D eigenvalue weighted by Crippen LogP contribution is 2.36. The number of rotatable bonds is 2. The molecule has 5 rings (SSSR count). The van der Waals surface area contributed by atoms with E-state index in [-0.39, 0.29) is 0 Å². The van der Waals surface area contributed by atoms with Crippen LogP contribution in [0.25, 0.3) is 44.1 Å². The number of hydrogen-bond donors (Lipinski definition) is 0. The number of pyridine rings is 2. The van der Waals surface area contributed by atoms with Crippen molar-refractivity contribution in [1.29, 1.82) is 0 Å². The van der Waals surface area contributed by atoms with Crippen LogP contribution in [0.3, 0.4) is 0 Å². The molecule has 138 valence electrons. The average molecular weight is 371 g/mol. The summed E-state index contributed by atoms with van der Waals surface area (Å²) in [7, 11) is 1.92. The standard InChI is InChI=1S/C25H23N2O/c1-15(2)17-9-10-27(4)22(12-17)20-13-21-23(11-16(20)3)28-25-24(21)19-8-6-5-7-18(19)14-26-25/h5-15H,1-4H3/q+1/i1D3,15D. The first-order valence-electron chi connectivity index (χ1n) is 11.3. The summed E-state index contributed by atoms with van der Waals surface area (Å²) in [6, 6.07) is 15.7. The van der Waals surface area contributed by atoms with E-state index in [0.29, 0.717) is 11.3 Å². The average Bonchev–Trinajstić information content (AvgIpc) is 3.10. The van der Waals surface area contributed by atoms with E-state index in [4.69, 9.17) is 9.90 Å². The van der Waals surface area contributed by atoms with Gasteiger partial charge in [0, 0.05) is 40.1 Å². The van der Waals surface area contributed by atoms with E-state index in [1.165, 1.54) is 6.92 Å². The molecule has 3 nitrogen and oxygen atoms in total. The summed E-state index contributed by atoms with van der Waals surface area (Å²) >= 11 is 0. The quantitative estimate of drug-likeness (QED) is 0.353. The molecule has 28 heavy (non-hydrogen) atoms. The van der Waals surface area contributed by atoms with Crippen LogP contribution in [0.2, 0.25) is 0 Å². The second-order valence-electron chi connectivity index (χ2n) is 7.33. The van der Waals surface area contributed by atoms with Gasteiger partial charge in [-0.1, -0.05) is 38.0 Å². The second-order valence-corrected chi connectivity index (χ2v) is 7.33. The minimum absolute atomic E-state index is 0.453. The lowest BCUT2D eigenvalue weighted by molar-refractivity contribution is -0.660. The monoisotopic (exact) mass is 371 g/mol. The summed E-state index contributed by atoms with van der Waals surface area (Å²) in [5, 5.41) is 4.04. The summed E-state index contributed by atoms with van der Waals surface area (Å²) in [4.78, 5) is 4.51. The van der Waals surface area contributed by atoms with Gasteiger partial charge in [-0.05, 0) is 41.5 Å². The van der Waals surface area contributed by atoms with Crippen LogP contribution < -0.4 is 4.57 Å². The molecule has 2 aromatic carbocycles. The van der Waals surface area contributed by atoms with Crippen molar-refractivity contribution in [3.8, 4) is 11.3 Å². The Morgan fingerprint density at radius 1 is 1.14 bits per heavy atom. The normalized spacial score (nSPS) is 16.5. The smallest absolute Gasteiger partial charge is 0.227 e. The Balaban J connectivity index is 1.80. The van der Waals surface area contributed by atoms with Gasteiger partial charge in [-0.15, -0.1) is 0 Å². The van der Waals surface area contributed by atoms with Crippen molar-refractivity contribution in [2.24, 2.45) is 7.05 Å². The van der Waals surface area contributed by atoms with Crippen molar-refractivity contribution >= 4 is 32.8 Å². The SMILES string of the molecule is [2H]C([2H])([2H])C([2H])(C)c1cc[n+](C)c(-c2cc3c(cc2C)oc2ncc4ccccc4c23)c1. The Kier molecular flexibility index (Phi) is 2.87. The van der Waals surface area contributed by atoms with Crippen molar-refractivity contribution in [2.45, 2.75) is 26.6 Å². The predicted octanol–water partition coefficient (Wildman–Crippen LogP) is 6.06. The Labute approximate surface area is 169 Å². The fourth-order valence-corrected chi connectivity index (χ4v) is 3.89. The molecule has 0 spiro atoms. The van der Waals surface area contributed by atoms with E-state index in [0.717, 1.165) is 43.9 Å². The van der Waals surface area contributed by atoms with Crippen molar-refractivity contribution in [2.75, 3.05) is 0 Å². The van der Waals surface area contributed by atoms with Crippen LogP contribution in [-0.2, 0) is 7.05 Å². The van der Waals surface area contributed by atoms with E-state index in [1.54, 1.807) is 6.07 Å². The molecule has 0 saturated carbocycles. The van der Waals surface area contributed by atoms with Crippen molar-refractivity contribution in [3.05, 3.63) is 72.1 Å². The van der Waals surface area contributed by atoms with E-state index in [1.807, 2.05) is 61.3 Å². The summed E-state index contributed by atoms with van der Waals surface area (Å²) in [6.45, 7) is 1.01. The number of benzene rings is 2. The molecule has 0 bridgehead atoms. The number of aromatic nitrogens is 2. The molecule has 0 aliphatic heterocycles. The summed E-state index contributed by atoms with van der Waals surface area (Å²) in [6.07, 6.45) is 3.64. The maximum Gasteiger partial charge on any atom is 0.227 e. The van der Waals surface area contributed by atoms with Crippen LogP contribution in [0.1, 0.15) is 36.3 Å². The first-order chi connectivity index (χ1) is 15.1. The van der Waals surface area contributed by atoms with Crippen LogP contribution in [0, 0.1) is 6.92 Å². The fourth-order valence-electron chi connectivity index (χ4n) is 3.89. The third-order valence-electron chi connectivity index (χ3n) is 5.43. The third-order valence-corrected chi connectivity index (χ3v) is 5.43. The molecule has 0 aliphatic carbocycles. The van der Waals surface area contributed by atoms with Crippen molar-refractivity contribution < 1.29 is 14.5 Å². The molecule has 0 saturated heterocycles. The van der Waals surface area contributed by atoms with Crippen LogP contribution in [-0.4, -0.2) is 4.98 Å². The van der Waals surface area contributed by atoms with E-state index in [9.17, 15) is 0 Å². The Morgan fingerprint density at radius 3 is 2.86 bits per heavy atom. The molecule has 5 aromatic rings. The zero-order valence-corrected chi connectivity index (χ0v) is 16.1. The lowest BCUT2D eigenvalue weighted by atomic mass is 9.97. The van der Waals surface area contributed by atoms with Crippen molar-refractivity contribution in [1.82, 2.24) is 4.98 Å². The van der Waals surface area contributed by atoms with E-state index < -0.39 is 12.7 Å². The molecule has 0 N–H and O–H groups in total. The third kappa shape index (κ3) is 2.50. The highest BCUT2D eigenvalue weighted by molar-refractivity contribution is 6.18. The van der Waals surface area contributed by atoms with E-state index in [2.05, 4.69) is 17.1 Å². The van der Waals surface area contributed by atoms with Gasteiger partial charge in [0.15, 0.2) is 6.20 Å². The highest BCUT2D eigenvalue weighted by Gasteiger charge is 2.19. The second kappa shape index (κ2) is 6.16. The van der Waals surface area contributed by atoms with E-state index >= 15 is 0 Å². The van der Waals surface area contributed by atoms with Gasteiger partial charge in [0.2, 0.25) is 11.4 Å². The number of nitrogens with zero attached hydrogens (tertiary/aromatic N) is 2. The number of aryl methyl sites for hydroxylation is 2. The fraction of sp³-hybridized carbons (Fsp3) is 0.200. The number of hydrogen-bond acceptors (Lipinski definition) is 2. The van der Waals surface area contributed by atoms with Crippen molar-refractivity contribution in [3.63, 3.8) is 0 Å². The zero-order chi connectivity index (χ0) is 22.8. The molecule has 0 radical (unpaired) electrons. The summed E-state index contributed by atoms with van der Waals surface area (Å²) in [5.41, 5.74) is 4.60. The molecule has 1 atom stereocenters. The Morgan fingerprint density at radius 2 is 2.00 bits per heavy atom. The van der Waals surface area contributed by atoms with Crippen LogP contribution in [0.5, 0.6) is 0 Å². The number of fused-ring (bicyclic) bond motifs is 5. The topological polar surface area (TPSA) is 29.9 Å². The van der Waals surface area contributed by atoms with Gasteiger partial charge in [-0.25, -0.2) is 9.55 Å². The maximum absolute atomic E-state index is 8.51. The first-order valence-corrected chi connectivity index (χ1v) is 9.29. The molecule has 3 aromatic heterocycles. The molecule has 0 amide bonds. The minimum Gasteiger partial charge on any atom is -0.438 e. The molecule has 3 heterocycles. The molecular weight excluding hydrogens is 344 g/mol. The first kappa shape index (κ1) is 13.1. The zero-order valence-electron chi connectivity index (χ0n) is 20.1. The highest BCUT2D eigenvalue weighted by atomic mass is 16.3. The van der Waals surface area contributed by atoms with Crippen LogP contribution in [0.4, 0.5) is 0 Å². The predicted molar refractivity (Wildman–Crippen MR) is 114 cm³/mol. The van der Waals surface area contributed by atoms with Gasteiger partial charge in [-0.2, -0.15) is 0 Å². The van der Waals surface area contributed by atoms with Gasteiger partial charge in [0.05, 0.1) is 5.39 Å². The molecule has 0 fully saturated rings. The minimum atomic E-state index is -2.44. The van der Waals surface area contributed by atoms with Gasteiger partial charge in [0.1, 0.15) is 12.6 Å². The molecule has 3 heteroatoms. The lowest BCUT2D eigenvalue weighted by Crippen LogP contribution is -2.30. The van der Waals surface area contributed by atoms with Gasteiger partial charge >= 0.3 is 0 Å². The molecular formula is C25H23N2O+. The Hall–Kier alpha value is -3.20. The number of furan rings is 1. The van der Waals surface area contributed by atoms with Gasteiger partial charge in [-0.3, -0.25) is 0 Å². The molecule has 0 aliphatic rings. The van der Waals surface area contributed by atoms with Crippen LogP contribution >= 0.6 is 0 Å². The Bertz CT molecular complexity index is 1520. The summed E-state index contributed by atoms with van der Waals surface area (Å²) in [5.74, 6) is -1.71.